The van der Waals surface area contributed by atoms with Crippen molar-refractivity contribution in [3.05, 3.63) is 36.3 Å². The van der Waals surface area contributed by atoms with Crippen LogP contribution in [0.5, 0.6) is 0 Å². The van der Waals surface area contributed by atoms with Crippen LogP contribution in [-0.2, 0) is 0 Å². The molecular weight excluding hydrogens is 338 g/mol. The minimum absolute atomic E-state index is 0.0117. The van der Waals surface area contributed by atoms with Crippen molar-refractivity contribution in [3.63, 3.8) is 0 Å². The number of urea groups is 1. The van der Waals surface area contributed by atoms with Gasteiger partial charge in [-0.1, -0.05) is 0 Å². The largest absolute Gasteiger partial charge is 0.346 e. The molecule has 3 heterocycles. The highest BCUT2D eigenvalue weighted by Crippen LogP contribution is 2.38. The third-order valence-electron chi connectivity index (χ3n) is 6.27. The van der Waals surface area contributed by atoms with E-state index in [-0.39, 0.29) is 12.1 Å². The molecular formula is C21H25N5O. The maximum atomic E-state index is 12.1. The lowest BCUT2D eigenvalue weighted by Gasteiger charge is -2.32. The van der Waals surface area contributed by atoms with Gasteiger partial charge < -0.3 is 15.6 Å². The Balaban J connectivity index is 1.31. The number of carbonyl (C=O) groups excluding carboxylic acids is 1. The molecule has 2 fully saturated rings. The third kappa shape index (κ3) is 3.13. The molecule has 0 atom stereocenters. The first kappa shape index (κ1) is 16.5. The van der Waals surface area contributed by atoms with Gasteiger partial charge in [-0.25, -0.2) is 9.78 Å². The molecule has 3 N–H and O–H groups in total. The van der Waals surface area contributed by atoms with Gasteiger partial charge >= 0.3 is 6.03 Å². The Morgan fingerprint density at radius 2 is 1.78 bits per heavy atom. The van der Waals surface area contributed by atoms with Crippen molar-refractivity contribution in [2.45, 2.75) is 62.9 Å². The van der Waals surface area contributed by atoms with E-state index >= 15 is 0 Å². The number of amides is 2. The molecule has 0 unspecified atom stereocenters. The van der Waals surface area contributed by atoms with Gasteiger partial charge in [0.25, 0.3) is 0 Å². The summed E-state index contributed by atoms with van der Waals surface area (Å²) >= 11 is 0. The van der Waals surface area contributed by atoms with E-state index < -0.39 is 0 Å². The summed E-state index contributed by atoms with van der Waals surface area (Å²) in [7, 11) is 0. The number of aromatic nitrogens is 3. The van der Waals surface area contributed by atoms with E-state index in [1.54, 1.807) is 0 Å². The molecule has 5 rings (SSSR count). The van der Waals surface area contributed by atoms with Gasteiger partial charge in [0.1, 0.15) is 5.65 Å². The summed E-state index contributed by atoms with van der Waals surface area (Å²) in [4.78, 5) is 24.3. The summed E-state index contributed by atoms with van der Waals surface area (Å²) in [5.41, 5.74) is 3.24. The van der Waals surface area contributed by atoms with Gasteiger partial charge in [-0.2, -0.15) is 0 Å². The van der Waals surface area contributed by atoms with Gasteiger partial charge in [-0.05, 0) is 68.6 Å². The molecule has 0 saturated heterocycles. The molecule has 0 radical (unpaired) electrons. The summed E-state index contributed by atoms with van der Waals surface area (Å²) in [5, 5.41) is 8.63. The molecule has 3 aromatic heterocycles. The van der Waals surface area contributed by atoms with E-state index in [2.05, 4.69) is 37.7 Å². The van der Waals surface area contributed by atoms with E-state index in [0.29, 0.717) is 12.0 Å². The zero-order chi connectivity index (χ0) is 18.2. The lowest BCUT2D eigenvalue weighted by atomic mass is 9.80. The number of fused-ring (bicyclic) bond motifs is 3. The lowest BCUT2D eigenvalue weighted by Crippen LogP contribution is -2.49. The molecule has 0 bridgehead atoms. The third-order valence-corrected chi connectivity index (χ3v) is 6.27. The van der Waals surface area contributed by atoms with Crippen LogP contribution in [0.2, 0.25) is 0 Å². The number of H-pyrrole nitrogens is 1. The monoisotopic (exact) mass is 363 g/mol. The molecule has 0 spiro atoms. The van der Waals surface area contributed by atoms with E-state index in [9.17, 15) is 4.79 Å². The van der Waals surface area contributed by atoms with Crippen LogP contribution < -0.4 is 10.6 Å². The van der Waals surface area contributed by atoms with Crippen molar-refractivity contribution in [3.8, 4) is 0 Å². The van der Waals surface area contributed by atoms with Crippen LogP contribution in [0.3, 0.4) is 0 Å². The number of nitrogens with zero attached hydrogens (tertiary/aromatic N) is 2. The van der Waals surface area contributed by atoms with Crippen molar-refractivity contribution in [1.82, 2.24) is 25.6 Å². The molecule has 6 nitrogen and oxygen atoms in total. The van der Waals surface area contributed by atoms with E-state index in [1.807, 2.05) is 18.6 Å². The molecule has 2 saturated carbocycles. The summed E-state index contributed by atoms with van der Waals surface area (Å²) in [6, 6.07) is 4.94. The first-order valence-electron chi connectivity index (χ1n) is 10.1. The summed E-state index contributed by atoms with van der Waals surface area (Å²) in [5.74, 6) is 0.503. The van der Waals surface area contributed by atoms with Crippen LogP contribution in [-0.4, -0.2) is 33.1 Å². The normalized spacial score (nSPS) is 23.3. The molecule has 2 aliphatic carbocycles. The van der Waals surface area contributed by atoms with E-state index in [4.69, 9.17) is 0 Å². The second kappa shape index (κ2) is 6.83. The zero-order valence-electron chi connectivity index (χ0n) is 15.4. The Morgan fingerprint density at radius 3 is 2.52 bits per heavy atom. The lowest BCUT2D eigenvalue weighted by molar-refractivity contribution is 0.219. The molecule has 140 valence electrons. The molecule has 6 heteroatoms. The predicted molar refractivity (Wildman–Crippen MR) is 106 cm³/mol. The summed E-state index contributed by atoms with van der Waals surface area (Å²) in [6.45, 7) is 0. The number of nitrogens with one attached hydrogen (secondary N) is 3. The van der Waals surface area contributed by atoms with E-state index in [1.165, 1.54) is 17.4 Å². The van der Waals surface area contributed by atoms with Crippen LogP contribution in [0.4, 0.5) is 4.79 Å². The fraction of sp³-hybridized carbons (Fsp3) is 0.476. The highest BCUT2D eigenvalue weighted by molar-refractivity contribution is 6.05. The smallest absolute Gasteiger partial charge is 0.315 e. The quantitative estimate of drug-likeness (QED) is 0.658. The first-order chi connectivity index (χ1) is 13.3. The van der Waals surface area contributed by atoms with Crippen LogP contribution in [0.25, 0.3) is 21.9 Å². The Morgan fingerprint density at radius 1 is 1.00 bits per heavy atom. The van der Waals surface area contributed by atoms with Crippen molar-refractivity contribution in [2.75, 3.05) is 0 Å². The predicted octanol–water partition coefficient (Wildman–Crippen LogP) is 3.99. The van der Waals surface area contributed by atoms with Gasteiger partial charge in [0.2, 0.25) is 0 Å². The van der Waals surface area contributed by atoms with Gasteiger partial charge in [-0.15, -0.1) is 0 Å². The number of rotatable bonds is 3. The molecule has 0 aliphatic heterocycles. The number of carbonyl (C=O) groups is 1. The number of pyridine rings is 2. The Hall–Kier alpha value is -2.63. The van der Waals surface area contributed by atoms with Gasteiger partial charge in [0, 0.05) is 35.2 Å². The van der Waals surface area contributed by atoms with Crippen molar-refractivity contribution in [1.29, 1.82) is 0 Å². The number of hydrogen-bond donors (Lipinski definition) is 3. The molecule has 0 aromatic carbocycles. The van der Waals surface area contributed by atoms with Crippen LogP contribution in [0.1, 0.15) is 56.4 Å². The highest BCUT2D eigenvalue weighted by atomic mass is 16.2. The van der Waals surface area contributed by atoms with Crippen LogP contribution in [0, 0.1) is 0 Å². The Kier molecular flexibility index (Phi) is 4.19. The van der Waals surface area contributed by atoms with Crippen molar-refractivity contribution >= 4 is 28.0 Å². The van der Waals surface area contributed by atoms with Gasteiger partial charge in [0.15, 0.2) is 0 Å². The van der Waals surface area contributed by atoms with Gasteiger partial charge in [0.05, 0.1) is 11.7 Å². The van der Waals surface area contributed by atoms with Crippen molar-refractivity contribution < 1.29 is 4.79 Å². The minimum atomic E-state index is 0.0117. The van der Waals surface area contributed by atoms with Gasteiger partial charge in [-0.3, -0.25) is 4.98 Å². The molecule has 3 aromatic rings. The average molecular weight is 363 g/mol. The van der Waals surface area contributed by atoms with Crippen LogP contribution >= 0.6 is 0 Å². The standard InChI is InChI=1S/C21H25N5O/c27-21(25-14-2-1-3-14)26-15-6-4-13(5-7-15)16-8-10-22-18-12-24-20-17(19(16)18)9-11-23-20/h8-15H,1-7H2,(H,23,24)(H2,25,26,27). The Bertz CT molecular complexity index is 969. The highest BCUT2D eigenvalue weighted by Gasteiger charge is 2.26. The molecule has 2 amide bonds. The van der Waals surface area contributed by atoms with E-state index in [0.717, 1.165) is 55.1 Å². The topological polar surface area (TPSA) is 82.7 Å². The SMILES string of the molecule is O=C(NC1CCC1)NC1CCC(c2ccnc3cnc4[nH]ccc4c23)CC1. The average Bonchev–Trinajstić information content (AvgIpc) is 3.14. The number of hydrogen-bond acceptors (Lipinski definition) is 3. The fourth-order valence-corrected chi connectivity index (χ4v) is 4.53. The maximum absolute atomic E-state index is 12.1. The Labute approximate surface area is 158 Å². The maximum Gasteiger partial charge on any atom is 0.315 e. The zero-order valence-corrected chi connectivity index (χ0v) is 15.4. The molecule has 27 heavy (non-hydrogen) atoms. The second-order valence-corrected chi connectivity index (χ2v) is 7.95. The second-order valence-electron chi connectivity index (χ2n) is 7.95. The fourth-order valence-electron chi connectivity index (χ4n) is 4.53. The van der Waals surface area contributed by atoms with Crippen LogP contribution in [0.15, 0.2) is 30.7 Å². The minimum Gasteiger partial charge on any atom is -0.346 e. The number of aromatic amines is 1. The van der Waals surface area contributed by atoms with Crippen molar-refractivity contribution in [2.24, 2.45) is 0 Å². The summed E-state index contributed by atoms with van der Waals surface area (Å²) in [6.07, 6.45) is 13.4. The first-order valence-corrected chi connectivity index (χ1v) is 10.1. The summed E-state index contributed by atoms with van der Waals surface area (Å²) < 4.78 is 0. The molecule has 2 aliphatic rings.